The topological polar surface area (TPSA) is 194 Å². The van der Waals surface area contributed by atoms with Gasteiger partial charge in [0.05, 0.1) is 6.04 Å². The number of amides is 4. The summed E-state index contributed by atoms with van der Waals surface area (Å²) in [5.41, 5.74) is 11.6. The minimum absolute atomic E-state index is 0.0294. The molecule has 0 aromatic heterocycles. The molecule has 1 aromatic rings. The molecule has 0 saturated heterocycles. The number of carbonyl (C=O) groups is 5. The average Bonchev–Trinajstić information content (AvgIpc) is 2.83. The van der Waals surface area contributed by atoms with Crippen LogP contribution >= 0.6 is 24.4 Å². The number of aliphatic carboxylic acids is 1. The van der Waals surface area contributed by atoms with Crippen LogP contribution in [0.25, 0.3) is 0 Å². The maximum absolute atomic E-state index is 13.1. The molecule has 11 nitrogen and oxygen atoms in total. The highest BCUT2D eigenvalue weighted by molar-refractivity contribution is 7.98. The maximum atomic E-state index is 13.1. The molecule has 8 N–H and O–H groups in total. The average molecular weight is 528 g/mol. The molecule has 0 radical (unpaired) electrons. The molecule has 0 aliphatic rings. The van der Waals surface area contributed by atoms with Crippen molar-refractivity contribution < 1.29 is 29.1 Å². The molecule has 4 atom stereocenters. The second-order valence-corrected chi connectivity index (χ2v) is 9.14. The van der Waals surface area contributed by atoms with Gasteiger partial charge in [-0.1, -0.05) is 30.3 Å². The van der Waals surface area contributed by atoms with Gasteiger partial charge in [0.1, 0.15) is 18.1 Å². The fourth-order valence-corrected chi connectivity index (χ4v) is 3.65. The molecule has 0 spiro atoms. The zero-order valence-electron chi connectivity index (χ0n) is 19.4. The van der Waals surface area contributed by atoms with E-state index in [1.807, 2.05) is 6.26 Å². The van der Waals surface area contributed by atoms with E-state index in [1.54, 1.807) is 30.3 Å². The second kappa shape index (κ2) is 16.0. The van der Waals surface area contributed by atoms with Gasteiger partial charge in [-0.05, 0) is 30.4 Å². The van der Waals surface area contributed by atoms with Crippen LogP contribution < -0.4 is 27.4 Å². The van der Waals surface area contributed by atoms with Crippen LogP contribution in [-0.2, 0) is 30.4 Å². The molecule has 0 heterocycles. The summed E-state index contributed by atoms with van der Waals surface area (Å²) in [4.78, 5) is 61.2. The van der Waals surface area contributed by atoms with Gasteiger partial charge in [-0.25, -0.2) is 4.79 Å². The molecule has 0 aliphatic carbocycles. The van der Waals surface area contributed by atoms with E-state index in [4.69, 9.17) is 11.5 Å². The van der Waals surface area contributed by atoms with Gasteiger partial charge in [-0.15, -0.1) is 0 Å². The first kappa shape index (κ1) is 30.3. The molecule has 4 amide bonds. The van der Waals surface area contributed by atoms with Crippen LogP contribution in [-0.4, -0.2) is 76.6 Å². The van der Waals surface area contributed by atoms with E-state index in [2.05, 4.69) is 28.6 Å². The lowest BCUT2D eigenvalue weighted by Crippen LogP contribution is -2.58. The highest BCUT2D eigenvalue weighted by atomic mass is 32.2. The first-order valence-corrected chi connectivity index (χ1v) is 12.9. The van der Waals surface area contributed by atoms with Crippen LogP contribution in [0.2, 0.25) is 0 Å². The number of rotatable bonds is 16. The Morgan fingerprint density at radius 3 is 2.06 bits per heavy atom. The summed E-state index contributed by atoms with van der Waals surface area (Å²) < 4.78 is 0. The van der Waals surface area contributed by atoms with E-state index in [1.165, 1.54) is 11.8 Å². The summed E-state index contributed by atoms with van der Waals surface area (Å²) >= 11 is 5.40. The Hall–Kier alpha value is -2.77. The van der Waals surface area contributed by atoms with Crippen LogP contribution in [0, 0.1) is 0 Å². The van der Waals surface area contributed by atoms with Crippen molar-refractivity contribution in [3.05, 3.63) is 35.9 Å². The molecule has 0 saturated carbocycles. The number of benzene rings is 1. The Balaban J connectivity index is 3.11. The zero-order chi connectivity index (χ0) is 26.4. The number of carboxylic acids is 1. The molecule has 35 heavy (non-hydrogen) atoms. The van der Waals surface area contributed by atoms with Crippen LogP contribution in [0.15, 0.2) is 30.3 Å². The lowest BCUT2D eigenvalue weighted by atomic mass is 10.0. The van der Waals surface area contributed by atoms with Crippen molar-refractivity contribution in [3.63, 3.8) is 0 Å². The number of carboxylic acid groups (broad SMARTS) is 1. The number of nitrogens with two attached hydrogens (primary N) is 2. The fraction of sp³-hybridized carbons (Fsp3) is 0.500. The first-order chi connectivity index (χ1) is 16.6. The van der Waals surface area contributed by atoms with Crippen molar-refractivity contribution in [2.45, 2.75) is 49.9 Å². The van der Waals surface area contributed by atoms with Crippen molar-refractivity contribution in [3.8, 4) is 0 Å². The monoisotopic (exact) mass is 527 g/mol. The zero-order valence-corrected chi connectivity index (χ0v) is 21.1. The lowest BCUT2D eigenvalue weighted by Gasteiger charge is -2.25. The number of hydrogen-bond donors (Lipinski definition) is 7. The number of hydrogen-bond acceptors (Lipinski definition) is 8. The molecular weight excluding hydrogens is 494 g/mol. The standard InChI is InChI=1S/C22H33N5O6S2/c1-35-10-9-16(22(32)33)26-21(31)17(11-13-5-3-2-4-6-13)27-20(30)15(7-8-18(24)28)25-19(29)14(23)12-34/h2-6,14-17,34H,7-12,23H2,1H3,(H2,24,28)(H,25,29)(H,26,31)(H,27,30)(H,32,33). The number of carbonyl (C=O) groups excluding carboxylic acids is 4. The SMILES string of the molecule is CSCCC(NC(=O)C(Cc1ccccc1)NC(=O)C(CCC(N)=O)NC(=O)C(N)CS)C(=O)O. The summed E-state index contributed by atoms with van der Waals surface area (Å²) in [5.74, 6) is -3.41. The Bertz CT molecular complexity index is 873. The van der Waals surface area contributed by atoms with E-state index in [0.717, 1.165) is 5.56 Å². The normalized spacial score (nSPS) is 14.1. The van der Waals surface area contributed by atoms with Gasteiger partial charge in [0, 0.05) is 18.6 Å². The summed E-state index contributed by atoms with van der Waals surface area (Å²) in [6.07, 6.45) is 1.78. The highest BCUT2D eigenvalue weighted by Crippen LogP contribution is 2.08. The van der Waals surface area contributed by atoms with Gasteiger partial charge < -0.3 is 32.5 Å². The number of nitrogens with one attached hydrogen (secondary N) is 3. The fourth-order valence-electron chi connectivity index (χ4n) is 3.01. The van der Waals surface area contributed by atoms with Crippen LogP contribution in [0.3, 0.4) is 0 Å². The first-order valence-electron chi connectivity index (χ1n) is 10.9. The number of thiol groups is 1. The third-order valence-electron chi connectivity index (χ3n) is 4.99. The molecule has 0 bridgehead atoms. The summed E-state index contributed by atoms with van der Waals surface area (Å²) in [7, 11) is 0. The predicted molar refractivity (Wildman–Crippen MR) is 137 cm³/mol. The minimum Gasteiger partial charge on any atom is -0.480 e. The van der Waals surface area contributed by atoms with Crippen molar-refractivity contribution in [2.24, 2.45) is 11.5 Å². The summed E-state index contributed by atoms with van der Waals surface area (Å²) in [6.45, 7) is 0. The van der Waals surface area contributed by atoms with E-state index in [-0.39, 0.29) is 31.4 Å². The summed E-state index contributed by atoms with van der Waals surface area (Å²) in [5, 5.41) is 17.0. The van der Waals surface area contributed by atoms with Gasteiger partial charge in [-0.3, -0.25) is 19.2 Å². The molecule has 4 unspecified atom stereocenters. The van der Waals surface area contributed by atoms with Crippen molar-refractivity contribution in [2.75, 3.05) is 17.8 Å². The minimum atomic E-state index is -1.20. The third kappa shape index (κ3) is 11.5. The number of thioether (sulfide) groups is 1. The van der Waals surface area contributed by atoms with Gasteiger partial charge in [0.25, 0.3) is 0 Å². The quantitative estimate of drug-likeness (QED) is 0.134. The van der Waals surface area contributed by atoms with E-state index >= 15 is 0 Å². The molecule has 1 rings (SSSR count). The highest BCUT2D eigenvalue weighted by Gasteiger charge is 2.30. The molecule has 1 aromatic carbocycles. The Morgan fingerprint density at radius 1 is 0.943 bits per heavy atom. The Labute approximate surface area is 213 Å². The largest absolute Gasteiger partial charge is 0.480 e. The number of primary amides is 1. The third-order valence-corrected chi connectivity index (χ3v) is 6.02. The van der Waals surface area contributed by atoms with Crippen LogP contribution in [0.4, 0.5) is 0 Å². The maximum Gasteiger partial charge on any atom is 0.326 e. The lowest BCUT2D eigenvalue weighted by molar-refractivity contribution is -0.142. The Kier molecular flexibility index (Phi) is 13.8. The predicted octanol–water partition coefficient (Wildman–Crippen LogP) is -0.956. The Morgan fingerprint density at radius 2 is 1.51 bits per heavy atom. The van der Waals surface area contributed by atoms with E-state index in [0.29, 0.717) is 5.75 Å². The van der Waals surface area contributed by atoms with E-state index in [9.17, 15) is 29.1 Å². The van der Waals surface area contributed by atoms with Gasteiger partial charge >= 0.3 is 5.97 Å². The van der Waals surface area contributed by atoms with Gasteiger partial charge in [0.2, 0.25) is 23.6 Å². The van der Waals surface area contributed by atoms with Crippen molar-refractivity contribution in [1.82, 2.24) is 16.0 Å². The molecule has 0 fully saturated rings. The smallest absolute Gasteiger partial charge is 0.326 e. The van der Waals surface area contributed by atoms with E-state index < -0.39 is 53.8 Å². The second-order valence-electron chi connectivity index (χ2n) is 7.79. The van der Waals surface area contributed by atoms with Crippen molar-refractivity contribution >= 4 is 54.0 Å². The van der Waals surface area contributed by atoms with Crippen LogP contribution in [0.1, 0.15) is 24.8 Å². The van der Waals surface area contributed by atoms with Gasteiger partial charge in [0.15, 0.2) is 0 Å². The molecular formula is C22H33N5O6S2. The van der Waals surface area contributed by atoms with Gasteiger partial charge in [-0.2, -0.15) is 24.4 Å². The summed E-state index contributed by atoms with van der Waals surface area (Å²) in [6, 6.07) is 4.37. The van der Waals surface area contributed by atoms with Crippen LogP contribution in [0.5, 0.6) is 0 Å². The molecule has 0 aliphatic heterocycles. The van der Waals surface area contributed by atoms with Crippen molar-refractivity contribution in [1.29, 1.82) is 0 Å². The molecule has 194 valence electrons. The molecule has 13 heteroatoms.